The lowest BCUT2D eigenvalue weighted by Crippen LogP contribution is -1.88. The van der Waals surface area contributed by atoms with Crippen LogP contribution in [-0.4, -0.2) is 4.98 Å². The highest BCUT2D eigenvalue weighted by molar-refractivity contribution is 7.14. The third kappa shape index (κ3) is 1.53. The first kappa shape index (κ1) is 8.53. The van der Waals surface area contributed by atoms with E-state index >= 15 is 0 Å². The van der Waals surface area contributed by atoms with Crippen LogP contribution in [0, 0.1) is 0 Å². The Morgan fingerprint density at radius 2 is 2.23 bits per heavy atom. The predicted octanol–water partition coefficient (Wildman–Crippen LogP) is 3.05. The minimum Gasteiger partial charge on any atom is -0.398 e. The van der Waals surface area contributed by atoms with Gasteiger partial charge in [-0.3, -0.25) is 4.98 Å². The van der Waals surface area contributed by atoms with E-state index in [-0.39, 0.29) is 0 Å². The van der Waals surface area contributed by atoms with E-state index in [1.807, 2.05) is 11.4 Å². The van der Waals surface area contributed by atoms with Crippen LogP contribution in [-0.2, 0) is 0 Å². The van der Waals surface area contributed by atoms with Crippen LogP contribution >= 0.6 is 22.9 Å². The van der Waals surface area contributed by atoms with Crippen LogP contribution in [0.2, 0.25) is 5.02 Å². The van der Waals surface area contributed by atoms with Crippen molar-refractivity contribution >= 4 is 28.6 Å². The number of aromatic nitrogens is 1. The zero-order valence-corrected chi connectivity index (χ0v) is 8.27. The van der Waals surface area contributed by atoms with Gasteiger partial charge in [-0.15, -0.1) is 11.3 Å². The van der Waals surface area contributed by atoms with Gasteiger partial charge in [0.25, 0.3) is 0 Å². The van der Waals surface area contributed by atoms with E-state index in [9.17, 15) is 0 Å². The molecule has 0 saturated heterocycles. The third-order valence-electron chi connectivity index (χ3n) is 1.72. The number of hydrogen-bond acceptors (Lipinski definition) is 3. The summed E-state index contributed by atoms with van der Waals surface area (Å²) < 4.78 is 0. The van der Waals surface area contributed by atoms with Gasteiger partial charge in [-0.1, -0.05) is 11.6 Å². The van der Waals surface area contributed by atoms with Gasteiger partial charge in [0.05, 0.1) is 9.90 Å². The second kappa shape index (κ2) is 3.36. The molecule has 4 heteroatoms. The molecule has 0 aliphatic rings. The number of rotatable bonds is 1. The molecule has 2 aromatic rings. The van der Waals surface area contributed by atoms with Gasteiger partial charge in [-0.25, -0.2) is 0 Å². The van der Waals surface area contributed by atoms with Crippen LogP contribution in [0.25, 0.3) is 10.4 Å². The lowest BCUT2D eigenvalue weighted by Gasteiger charge is -2.01. The molecule has 0 bridgehead atoms. The summed E-state index contributed by atoms with van der Waals surface area (Å²) >= 11 is 7.54. The average Bonchev–Trinajstić information content (AvgIpc) is 2.52. The third-order valence-corrected chi connectivity index (χ3v) is 3.09. The molecule has 66 valence electrons. The second-order valence-electron chi connectivity index (χ2n) is 2.56. The second-order valence-corrected chi connectivity index (χ2v) is 3.88. The summed E-state index contributed by atoms with van der Waals surface area (Å²) in [5, 5.41) is 2.66. The molecule has 2 heterocycles. The fourth-order valence-corrected chi connectivity index (χ4v) is 2.27. The van der Waals surface area contributed by atoms with Crippen molar-refractivity contribution in [3.63, 3.8) is 0 Å². The summed E-state index contributed by atoms with van der Waals surface area (Å²) in [5.41, 5.74) is 7.40. The maximum absolute atomic E-state index is 5.97. The van der Waals surface area contributed by atoms with Crippen LogP contribution < -0.4 is 5.73 Å². The molecular formula is C9H7ClN2S. The molecule has 2 aromatic heterocycles. The molecule has 13 heavy (non-hydrogen) atoms. The van der Waals surface area contributed by atoms with E-state index in [2.05, 4.69) is 4.98 Å². The van der Waals surface area contributed by atoms with Crippen molar-refractivity contribution in [3.8, 4) is 10.4 Å². The van der Waals surface area contributed by atoms with Gasteiger partial charge in [0.2, 0.25) is 0 Å². The largest absolute Gasteiger partial charge is 0.398 e. The Bertz CT molecular complexity index is 425. The number of nitrogens with zero attached hydrogens (tertiary/aromatic N) is 1. The van der Waals surface area contributed by atoms with Crippen molar-refractivity contribution in [1.82, 2.24) is 4.98 Å². The van der Waals surface area contributed by atoms with Crippen molar-refractivity contribution in [3.05, 3.63) is 34.9 Å². The standard InChI is InChI=1S/C9H7ClN2S/c10-7-2-4-13-9(7)6-5-12-3-1-8(6)11/h1-5H,(H2,11,12). The van der Waals surface area contributed by atoms with E-state index in [4.69, 9.17) is 17.3 Å². The fourth-order valence-electron chi connectivity index (χ4n) is 1.08. The van der Waals surface area contributed by atoms with Crippen molar-refractivity contribution < 1.29 is 0 Å². The fraction of sp³-hybridized carbons (Fsp3) is 0. The Kier molecular flexibility index (Phi) is 2.20. The molecule has 2 N–H and O–H groups in total. The predicted molar refractivity (Wildman–Crippen MR) is 57.0 cm³/mol. The van der Waals surface area contributed by atoms with Gasteiger partial charge < -0.3 is 5.73 Å². The van der Waals surface area contributed by atoms with Crippen molar-refractivity contribution in [1.29, 1.82) is 0 Å². The Labute approximate surface area is 85.0 Å². The molecule has 2 rings (SSSR count). The molecule has 0 aromatic carbocycles. The smallest absolute Gasteiger partial charge is 0.0593 e. The number of nitrogen functional groups attached to an aromatic ring is 1. The Morgan fingerprint density at radius 1 is 1.38 bits per heavy atom. The Morgan fingerprint density at radius 3 is 2.85 bits per heavy atom. The average molecular weight is 211 g/mol. The first-order chi connectivity index (χ1) is 6.29. The monoisotopic (exact) mass is 210 g/mol. The highest BCUT2D eigenvalue weighted by atomic mass is 35.5. The molecule has 0 aliphatic heterocycles. The molecule has 0 saturated carbocycles. The van der Waals surface area contributed by atoms with Gasteiger partial charge in [0, 0.05) is 23.6 Å². The van der Waals surface area contributed by atoms with Crippen LogP contribution in [0.1, 0.15) is 0 Å². The summed E-state index contributed by atoms with van der Waals surface area (Å²) in [4.78, 5) is 4.99. The normalized spacial score (nSPS) is 10.2. The van der Waals surface area contributed by atoms with Gasteiger partial charge >= 0.3 is 0 Å². The van der Waals surface area contributed by atoms with Gasteiger partial charge in [0.15, 0.2) is 0 Å². The van der Waals surface area contributed by atoms with Gasteiger partial charge in [0.1, 0.15) is 0 Å². The molecule has 0 fully saturated rings. The van der Waals surface area contributed by atoms with Gasteiger partial charge in [-0.2, -0.15) is 0 Å². The van der Waals surface area contributed by atoms with E-state index < -0.39 is 0 Å². The molecule has 2 nitrogen and oxygen atoms in total. The zero-order valence-electron chi connectivity index (χ0n) is 6.70. The molecular weight excluding hydrogens is 204 g/mol. The van der Waals surface area contributed by atoms with Crippen LogP contribution in [0.5, 0.6) is 0 Å². The van der Waals surface area contributed by atoms with E-state index in [0.717, 1.165) is 15.5 Å². The van der Waals surface area contributed by atoms with Crippen LogP contribution in [0.15, 0.2) is 29.9 Å². The van der Waals surface area contributed by atoms with Crippen LogP contribution in [0.4, 0.5) is 5.69 Å². The number of nitrogens with two attached hydrogens (primary N) is 1. The van der Waals surface area contributed by atoms with Crippen molar-refractivity contribution in [2.45, 2.75) is 0 Å². The minimum atomic E-state index is 0.708. The lowest BCUT2D eigenvalue weighted by molar-refractivity contribution is 1.34. The summed E-state index contributed by atoms with van der Waals surface area (Å²) in [6.07, 6.45) is 3.40. The number of halogens is 1. The number of pyridine rings is 1. The van der Waals surface area contributed by atoms with Crippen molar-refractivity contribution in [2.75, 3.05) is 5.73 Å². The Hall–Kier alpha value is -1.06. The van der Waals surface area contributed by atoms with E-state index in [0.29, 0.717) is 5.69 Å². The summed E-state index contributed by atoms with van der Waals surface area (Å²) in [5.74, 6) is 0. The van der Waals surface area contributed by atoms with Crippen molar-refractivity contribution in [2.24, 2.45) is 0 Å². The zero-order chi connectivity index (χ0) is 9.26. The topological polar surface area (TPSA) is 38.9 Å². The van der Waals surface area contributed by atoms with E-state index in [1.54, 1.807) is 29.8 Å². The maximum Gasteiger partial charge on any atom is 0.0593 e. The molecule has 0 aliphatic carbocycles. The molecule has 0 unspecified atom stereocenters. The van der Waals surface area contributed by atoms with Gasteiger partial charge in [-0.05, 0) is 17.5 Å². The first-order valence-corrected chi connectivity index (χ1v) is 4.97. The minimum absolute atomic E-state index is 0.708. The van der Waals surface area contributed by atoms with E-state index in [1.165, 1.54) is 0 Å². The Balaban J connectivity index is 2.59. The lowest BCUT2D eigenvalue weighted by atomic mass is 10.2. The molecule has 0 radical (unpaired) electrons. The maximum atomic E-state index is 5.97. The SMILES string of the molecule is Nc1ccncc1-c1sccc1Cl. The molecule has 0 spiro atoms. The number of hydrogen-bond donors (Lipinski definition) is 1. The highest BCUT2D eigenvalue weighted by Crippen LogP contribution is 2.35. The summed E-state index contributed by atoms with van der Waals surface area (Å²) in [6.45, 7) is 0. The van der Waals surface area contributed by atoms with Crippen LogP contribution in [0.3, 0.4) is 0 Å². The summed E-state index contributed by atoms with van der Waals surface area (Å²) in [7, 11) is 0. The first-order valence-electron chi connectivity index (χ1n) is 3.72. The highest BCUT2D eigenvalue weighted by Gasteiger charge is 2.07. The molecule has 0 amide bonds. The quantitative estimate of drug-likeness (QED) is 0.786. The number of anilines is 1. The summed E-state index contributed by atoms with van der Waals surface area (Å²) in [6, 6.07) is 3.62. The molecule has 0 atom stereocenters. The number of thiophene rings is 1.